The highest BCUT2D eigenvalue weighted by Gasteiger charge is 2.59. The van der Waals surface area contributed by atoms with Crippen molar-refractivity contribution in [1.29, 1.82) is 0 Å². The van der Waals surface area contributed by atoms with Crippen LogP contribution in [0, 0.1) is 16.7 Å². The Kier molecular flexibility index (Phi) is 6.69. The molecule has 1 aromatic carbocycles. The van der Waals surface area contributed by atoms with Crippen molar-refractivity contribution in [3.8, 4) is 0 Å². The summed E-state index contributed by atoms with van der Waals surface area (Å²) in [6.07, 6.45) is 3.53. The van der Waals surface area contributed by atoms with Gasteiger partial charge >= 0.3 is 0 Å². The van der Waals surface area contributed by atoms with Crippen molar-refractivity contribution in [3.63, 3.8) is 0 Å². The summed E-state index contributed by atoms with van der Waals surface area (Å²) in [5.74, 6) is -0.157. The van der Waals surface area contributed by atoms with E-state index in [-0.39, 0.29) is 29.8 Å². The van der Waals surface area contributed by atoms with E-state index in [2.05, 4.69) is 34.7 Å². The lowest BCUT2D eigenvalue weighted by molar-refractivity contribution is -0.143. The van der Waals surface area contributed by atoms with Crippen molar-refractivity contribution in [3.05, 3.63) is 58.0 Å². The van der Waals surface area contributed by atoms with Gasteiger partial charge in [0.2, 0.25) is 5.91 Å². The van der Waals surface area contributed by atoms with Crippen LogP contribution >= 0.6 is 22.7 Å². The molecule has 0 spiro atoms. The number of nitrogens with one attached hydrogen (secondary N) is 2. The molecule has 0 radical (unpaired) electrons. The fourth-order valence-corrected chi connectivity index (χ4v) is 7.75. The molecular weight excluding hydrogens is 480 g/mol. The van der Waals surface area contributed by atoms with Crippen LogP contribution in [0.25, 0.3) is 0 Å². The monoisotopic (exact) mass is 512 g/mol. The number of hydrogen-bond donors (Lipinski definition) is 4. The molecule has 2 aromatic heterocycles. The second-order valence-corrected chi connectivity index (χ2v) is 12.3. The largest absolute Gasteiger partial charge is 0.396 e. The van der Waals surface area contributed by atoms with Gasteiger partial charge in [0, 0.05) is 40.8 Å². The van der Waals surface area contributed by atoms with Crippen molar-refractivity contribution < 1.29 is 15.0 Å². The van der Waals surface area contributed by atoms with Crippen LogP contribution in [0.3, 0.4) is 0 Å². The van der Waals surface area contributed by atoms with Crippen LogP contribution in [0.2, 0.25) is 0 Å². The molecule has 2 heterocycles. The molecule has 35 heavy (non-hydrogen) atoms. The first kappa shape index (κ1) is 24.4. The smallest absolute Gasteiger partial charge is 0.226 e. The highest BCUT2D eigenvalue weighted by atomic mass is 32.1. The fourth-order valence-electron chi connectivity index (χ4n) is 6.14. The summed E-state index contributed by atoms with van der Waals surface area (Å²) in [6.45, 7) is 4.81. The third-order valence-electron chi connectivity index (χ3n) is 8.25. The van der Waals surface area contributed by atoms with Gasteiger partial charge in [0.1, 0.15) is 0 Å². The summed E-state index contributed by atoms with van der Waals surface area (Å²) >= 11 is 3.03. The number of rotatable bonds is 7. The Morgan fingerprint density at radius 3 is 2.74 bits per heavy atom. The molecule has 186 valence electrons. The van der Waals surface area contributed by atoms with Crippen LogP contribution in [-0.4, -0.2) is 38.8 Å². The van der Waals surface area contributed by atoms with Crippen molar-refractivity contribution in [1.82, 2.24) is 9.97 Å². The number of aliphatic hydroxyl groups excluding tert-OH is 2. The lowest BCUT2D eigenvalue weighted by Crippen LogP contribution is -2.57. The Bertz CT molecular complexity index is 1170. The lowest BCUT2D eigenvalue weighted by Gasteiger charge is -2.58. The third kappa shape index (κ3) is 4.50. The molecule has 0 aliphatic heterocycles. The van der Waals surface area contributed by atoms with E-state index in [4.69, 9.17) is 4.98 Å². The molecule has 3 aromatic rings. The SMILES string of the molecule is CC1(CO)C(O)CCC2(C)C(CC(=O)Nc3nccs3)c3nc(NCc4ccccc4)sc3CC12. The van der Waals surface area contributed by atoms with E-state index in [1.807, 2.05) is 30.5 Å². The van der Waals surface area contributed by atoms with Gasteiger partial charge in [-0.3, -0.25) is 4.79 Å². The summed E-state index contributed by atoms with van der Waals surface area (Å²) in [6, 6.07) is 10.2. The number of amides is 1. The predicted octanol–water partition coefficient (Wildman–Crippen LogP) is 4.66. The van der Waals surface area contributed by atoms with Crippen LogP contribution in [0.1, 0.15) is 55.2 Å². The summed E-state index contributed by atoms with van der Waals surface area (Å²) in [5, 5.41) is 31.0. The number of benzene rings is 1. The first-order valence-electron chi connectivity index (χ1n) is 12.1. The van der Waals surface area contributed by atoms with Crippen molar-refractivity contribution >= 4 is 38.8 Å². The highest BCUT2D eigenvalue weighted by Crippen LogP contribution is 2.62. The maximum absolute atomic E-state index is 13.1. The summed E-state index contributed by atoms with van der Waals surface area (Å²) < 4.78 is 0. The van der Waals surface area contributed by atoms with Gasteiger partial charge in [-0.05, 0) is 36.2 Å². The second kappa shape index (κ2) is 9.61. The van der Waals surface area contributed by atoms with E-state index < -0.39 is 11.5 Å². The highest BCUT2D eigenvalue weighted by molar-refractivity contribution is 7.15. The van der Waals surface area contributed by atoms with Gasteiger partial charge in [-0.25, -0.2) is 9.97 Å². The predicted molar refractivity (Wildman–Crippen MR) is 140 cm³/mol. The number of aliphatic hydroxyl groups is 2. The Morgan fingerprint density at radius 1 is 1.23 bits per heavy atom. The van der Waals surface area contributed by atoms with Crippen molar-refractivity contribution in [2.24, 2.45) is 16.7 Å². The number of hydrogen-bond acceptors (Lipinski definition) is 8. The normalized spacial score (nSPS) is 29.8. The molecule has 1 amide bonds. The minimum atomic E-state index is -0.629. The zero-order valence-electron chi connectivity index (χ0n) is 20.0. The number of nitrogens with zero attached hydrogens (tertiary/aromatic N) is 2. The molecule has 5 unspecified atom stereocenters. The lowest BCUT2D eigenvalue weighted by atomic mass is 9.47. The van der Waals surface area contributed by atoms with E-state index >= 15 is 0 Å². The number of aromatic nitrogens is 2. The zero-order chi connectivity index (χ0) is 24.6. The van der Waals surface area contributed by atoms with Gasteiger partial charge in [-0.2, -0.15) is 0 Å². The van der Waals surface area contributed by atoms with Gasteiger partial charge < -0.3 is 20.8 Å². The zero-order valence-corrected chi connectivity index (χ0v) is 21.7. The standard InChI is InChI=1S/C26H32N4O3S2/c1-25-9-8-20(32)26(2,15-31)19(25)13-18-22(17(25)12-21(33)29-23-27-10-11-34-23)30-24(35-18)28-14-16-6-4-3-5-7-16/h3-7,10-11,17,19-20,31-32H,8-9,12-15H2,1-2H3,(H,28,30)(H,27,29,33). The minimum absolute atomic E-state index is 0.0383. The Morgan fingerprint density at radius 2 is 2.03 bits per heavy atom. The van der Waals surface area contributed by atoms with Gasteiger partial charge in [-0.1, -0.05) is 44.2 Å². The second-order valence-electron chi connectivity index (χ2n) is 10.3. The van der Waals surface area contributed by atoms with Crippen LogP contribution in [-0.2, 0) is 17.8 Å². The van der Waals surface area contributed by atoms with E-state index in [0.29, 0.717) is 24.5 Å². The molecule has 0 saturated heterocycles. The molecule has 1 fully saturated rings. The van der Waals surface area contributed by atoms with E-state index in [1.165, 1.54) is 16.9 Å². The Balaban J connectivity index is 1.47. The maximum Gasteiger partial charge on any atom is 0.226 e. The molecule has 0 bridgehead atoms. The molecular formula is C26H32N4O3S2. The number of carbonyl (C=O) groups excluding carboxylic acids is 1. The summed E-state index contributed by atoms with van der Waals surface area (Å²) in [7, 11) is 0. The van der Waals surface area contributed by atoms with Crippen LogP contribution in [0.15, 0.2) is 41.9 Å². The van der Waals surface area contributed by atoms with Crippen molar-refractivity contribution in [2.75, 3.05) is 17.2 Å². The van der Waals surface area contributed by atoms with Gasteiger partial charge in [0.25, 0.3) is 0 Å². The van der Waals surface area contributed by atoms with Crippen molar-refractivity contribution in [2.45, 2.75) is 58.1 Å². The molecule has 4 N–H and O–H groups in total. The quantitative estimate of drug-likeness (QED) is 0.367. The molecule has 5 atom stereocenters. The fraction of sp³-hybridized carbons (Fsp3) is 0.500. The molecule has 2 aliphatic carbocycles. The molecule has 2 aliphatic rings. The maximum atomic E-state index is 13.1. The molecule has 9 heteroatoms. The van der Waals surface area contributed by atoms with Crippen LogP contribution in [0.5, 0.6) is 0 Å². The third-order valence-corrected chi connectivity index (χ3v) is 9.99. The minimum Gasteiger partial charge on any atom is -0.396 e. The molecule has 1 saturated carbocycles. The Labute approximate surface area is 213 Å². The average molecular weight is 513 g/mol. The number of anilines is 2. The topological polar surface area (TPSA) is 107 Å². The first-order valence-corrected chi connectivity index (χ1v) is 13.8. The number of carbonyl (C=O) groups is 1. The van der Waals surface area contributed by atoms with E-state index in [0.717, 1.165) is 28.5 Å². The summed E-state index contributed by atoms with van der Waals surface area (Å²) in [5.41, 5.74) is 1.26. The van der Waals surface area contributed by atoms with Gasteiger partial charge in [0.15, 0.2) is 10.3 Å². The van der Waals surface area contributed by atoms with E-state index in [9.17, 15) is 15.0 Å². The van der Waals surface area contributed by atoms with Gasteiger partial charge in [-0.15, -0.1) is 22.7 Å². The number of fused-ring (bicyclic) bond motifs is 2. The van der Waals surface area contributed by atoms with Crippen LogP contribution in [0.4, 0.5) is 10.3 Å². The van der Waals surface area contributed by atoms with E-state index in [1.54, 1.807) is 17.5 Å². The summed E-state index contributed by atoms with van der Waals surface area (Å²) in [4.78, 5) is 23.5. The molecule has 5 rings (SSSR count). The van der Waals surface area contributed by atoms with Crippen LogP contribution < -0.4 is 10.6 Å². The Hall–Kier alpha value is -2.33. The molecule has 7 nitrogen and oxygen atoms in total. The average Bonchev–Trinajstić information content (AvgIpc) is 3.52. The first-order chi connectivity index (χ1) is 16.8. The number of thiazole rings is 2. The van der Waals surface area contributed by atoms with Gasteiger partial charge in [0.05, 0.1) is 18.4 Å².